The summed E-state index contributed by atoms with van der Waals surface area (Å²) in [7, 11) is -1.77. The average Bonchev–Trinajstić information content (AvgIpc) is 3.16. The molecule has 0 unspecified atom stereocenters. The number of nitrogens with zero attached hydrogens (tertiary/aromatic N) is 1. The smallest absolute Gasteiger partial charge is 0.279 e. The van der Waals surface area contributed by atoms with E-state index in [0.29, 0.717) is 25.6 Å². The fourth-order valence-electron chi connectivity index (χ4n) is 1.92. The Bertz CT molecular complexity index is 543. The zero-order chi connectivity index (χ0) is 15.3. The molecule has 0 aromatic carbocycles. The van der Waals surface area contributed by atoms with Gasteiger partial charge in [0.15, 0.2) is 0 Å². The Balaban J connectivity index is 1.64. The van der Waals surface area contributed by atoms with Crippen LogP contribution in [0.25, 0.3) is 0 Å². The van der Waals surface area contributed by atoms with E-state index >= 15 is 0 Å². The average molecular weight is 352 g/mol. The van der Waals surface area contributed by atoms with Crippen molar-refractivity contribution in [2.75, 3.05) is 26.7 Å². The molecular formula is C13H22ClN3O2S2. The van der Waals surface area contributed by atoms with Crippen molar-refractivity contribution in [2.24, 2.45) is 0 Å². The van der Waals surface area contributed by atoms with Crippen molar-refractivity contribution in [3.05, 3.63) is 21.3 Å². The third kappa shape index (κ3) is 6.22. The van der Waals surface area contributed by atoms with Gasteiger partial charge in [-0.05, 0) is 44.4 Å². The molecule has 1 fully saturated rings. The van der Waals surface area contributed by atoms with Gasteiger partial charge >= 0.3 is 0 Å². The summed E-state index contributed by atoms with van der Waals surface area (Å²) in [6, 6.07) is 4.42. The zero-order valence-electron chi connectivity index (χ0n) is 12.1. The van der Waals surface area contributed by atoms with Gasteiger partial charge < -0.3 is 5.32 Å². The van der Waals surface area contributed by atoms with Crippen molar-refractivity contribution in [3.63, 3.8) is 0 Å². The molecule has 5 nitrogen and oxygen atoms in total. The molecule has 0 bridgehead atoms. The second-order valence-corrected chi connectivity index (χ2v) is 8.92. The molecule has 1 aliphatic carbocycles. The van der Waals surface area contributed by atoms with Crippen LogP contribution in [0.4, 0.5) is 0 Å². The first kappa shape index (κ1) is 17.2. The van der Waals surface area contributed by atoms with Gasteiger partial charge in [-0.2, -0.15) is 12.7 Å². The third-order valence-electron chi connectivity index (χ3n) is 3.36. The highest BCUT2D eigenvalue weighted by atomic mass is 35.5. The van der Waals surface area contributed by atoms with Gasteiger partial charge in [0.05, 0.1) is 4.34 Å². The molecule has 0 aliphatic heterocycles. The Morgan fingerprint density at radius 1 is 1.38 bits per heavy atom. The first-order valence-corrected chi connectivity index (χ1v) is 9.79. The normalized spacial score (nSPS) is 15.8. The molecule has 0 saturated heterocycles. The van der Waals surface area contributed by atoms with E-state index in [1.165, 1.54) is 28.5 Å². The van der Waals surface area contributed by atoms with Crippen LogP contribution in [0, 0.1) is 0 Å². The number of thiophene rings is 1. The lowest BCUT2D eigenvalue weighted by Gasteiger charge is -2.17. The van der Waals surface area contributed by atoms with E-state index in [4.69, 9.17) is 11.6 Å². The Kier molecular flexibility index (Phi) is 6.46. The third-order valence-corrected chi connectivity index (χ3v) is 6.22. The lowest BCUT2D eigenvalue weighted by Crippen LogP contribution is -2.40. The van der Waals surface area contributed by atoms with E-state index < -0.39 is 10.2 Å². The molecule has 0 atom stereocenters. The van der Waals surface area contributed by atoms with Crippen LogP contribution in [0.1, 0.15) is 24.1 Å². The molecule has 120 valence electrons. The van der Waals surface area contributed by atoms with Crippen LogP contribution in [0.15, 0.2) is 12.1 Å². The standard InChI is InChI=1S/C13H22ClN3O2S2/c1-17(10-2-8-15-11-3-4-11)21(18,19)16-9-7-12-5-6-13(14)20-12/h5-6,11,15-16H,2-4,7-10H2,1H3. The summed E-state index contributed by atoms with van der Waals surface area (Å²) in [5, 5.41) is 3.38. The number of hydrogen-bond donors (Lipinski definition) is 2. The first-order chi connectivity index (χ1) is 9.97. The van der Waals surface area contributed by atoms with Crippen LogP contribution in [-0.4, -0.2) is 45.4 Å². The van der Waals surface area contributed by atoms with Gasteiger partial charge in [-0.1, -0.05) is 11.6 Å². The van der Waals surface area contributed by atoms with Crippen LogP contribution < -0.4 is 10.0 Å². The highest BCUT2D eigenvalue weighted by molar-refractivity contribution is 7.87. The molecule has 2 N–H and O–H groups in total. The predicted octanol–water partition coefficient (Wildman–Crippen LogP) is 1.85. The summed E-state index contributed by atoms with van der Waals surface area (Å²) in [5.41, 5.74) is 0. The van der Waals surface area contributed by atoms with E-state index in [9.17, 15) is 8.42 Å². The van der Waals surface area contributed by atoms with Crippen LogP contribution >= 0.6 is 22.9 Å². The van der Waals surface area contributed by atoms with Crippen LogP contribution in [-0.2, 0) is 16.6 Å². The van der Waals surface area contributed by atoms with E-state index in [0.717, 1.165) is 22.2 Å². The van der Waals surface area contributed by atoms with Gasteiger partial charge in [0.25, 0.3) is 10.2 Å². The molecular weight excluding hydrogens is 330 g/mol. The van der Waals surface area contributed by atoms with Crippen molar-refractivity contribution < 1.29 is 8.42 Å². The lowest BCUT2D eigenvalue weighted by molar-refractivity contribution is 0.444. The van der Waals surface area contributed by atoms with E-state index in [1.54, 1.807) is 7.05 Å². The number of halogens is 1. The minimum absolute atomic E-state index is 0.393. The van der Waals surface area contributed by atoms with E-state index in [-0.39, 0.29) is 0 Å². The largest absolute Gasteiger partial charge is 0.314 e. The van der Waals surface area contributed by atoms with Crippen LogP contribution in [0.2, 0.25) is 4.34 Å². The van der Waals surface area contributed by atoms with E-state index in [1.807, 2.05) is 12.1 Å². The second-order valence-electron chi connectivity index (χ2n) is 5.26. The topological polar surface area (TPSA) is 61.4 Å². The van der Waals surface area contributed by atoms with Crippen LogP contribution in [0.3, 0.4) is 0 Å². The molecule has 0 spiro atoms. The molecule has 8 heteroatoms. The molecule has 0 radical (unpaired) electrons. The summed E-state index contributed by atoms with van der Waals surface area (Å²) < 4.78 is 28.8. The minimum Gasteiger partial charge on any atom is -0.314 e. The number of hydrogen-bond acceptors (Lipinski definition) is 4. The molecule has 2 rings (SSSR count). The van der Waals surface area contributed by atoms with Crippen molar-refractivity contribution in [1.29, 1.82) is 0 Å². The quantitative estimate of drug-likeness (QED) is 0.632. The Morgan fingerprint density at radius 2 is 2.14 bits per heavy atom. The Morgan fingerprint density at radius 3 is 2.76 bits per heavy atom. The molecule has 21 heavy (non-hydrogen) atoms. The van der Waals surface area contributed by atoms with E-state index in [2.05, 4.69) is 10.0 Å². The molecule has 1 heterocycles. The van der Waals surface area contributed by atoms with Gasteiger partial charge in [-0.25, -0.2) is 4.72 Å². The van der Waals surface area contributed by atoms with Crippen LogP contribution in [0.5, 0.6) is 0 Å². The summed E-state index contributed by atoms with van der Waals surface area (Å²) in [6.07, 6.45) is 3.99. The van der Waals surface area contributed by atoms with Gasteiger partial charge in [-0.3, -0.25) is 0 Å². The summed E-state index contributed by atoms with van der Waals surface area (Å²) in [5.74, 6) is 0. The molecule has 1 saturated carbocycles. The number of rotatable bonds is 10. The minimum atomic E-state index is -3.38. The number of nitrogens with one attached hydrogen (secondary N) is 2. The van der Waals surface area contributed by atoms with Gasteiger partial charge in [-0.15, -0.1) is 11.3 Å². The predicted molar refractivity (Wildman–Crippen MR) is 88.2 cm³/mol. The molecule has 1 aromatic heterocycles. The van der Waals surface area contributed by atoms with Crippen molar-refractivity contribution in [3.8, 4) is 0 Å². The highest BCUT2D eigenvalue weighted by Crippen LogP contribution is 2.21. The van der Waals surface area contributed by atoms with Crippen molar-refractivity contribution in [2.45, 2.75) is 31.7 Å². The SMILES string of the molecule is CN(CCCNC1CC1)S(=O)(=O)NCCc1ccc(Cl)s1. The highest BCUT2D eigenvalue weighted by Gasteiger charge is 2.20. The fourth-order valence-corrected chi connectivity index (χ4v) is 3.95. The maximum Gasteiger partial charge on any atom is 0.279 e. The fraction of sp³-hybridized carbons (Fsp3) is 0.692. The maximum absolute atomic E-state index is 12.0. The van der Waals surface area contributed by atoms with Gasteiger partial charge in [0.2, 0.25) is 0 Å². The van der Waals surface area contributed by atoms with Gasteiger partial charge in [0, 0.05) is 31.1 Å². The Labute approximate surface area is 135 Å². The second kappa shape index (κ2) is 7.89. The van der Waals surface area contributed by atoms with Crippen molar-refractivity contribution in [1.82, 2.24) is 14.3 Å². The maximum atomic E-state index is 12.0. The molecule has 1 aromatic rings. The molecule has 1 aliphatic rings. The summed E-state index contributed by atoms with van der Waals surface area (Å²) in [4.78, 5) is 1.08. The summed E-state index contributed by atoms with van der Waals surface area (Å²) >= 11 is 7.32. The molecule has 0 amide bonds. The zero-order valence-corrected chi connectivity index (χ0v) is 14.5. The monoisotopic (exact) mass is 351 g/mol. The first-order valence-electron chi connectivity index (χ1n) is 7.16. The van der Waals surface area contributed by atoms with Crippen molar-refractivity contribution >= 4 is 33.1 Å². The lowest BCUT2D eigenvalue weighted by atomic mass is 10.3. The van der Waals surface area contributed by atoms with Gasteiger partial charge in [0.1, 0.15) is 0 Å². The Hall–Kier alpha value is -0.180. The summed E-state index contributed by atoms with van der Waals surface area (Å²) in [6.45, 7) is 1.79.